The van der Waals surface area contributed by atoms with Crippen LogP contribution in [0, 0.1) is 0 Å². The van der Waals surface area contributed by atoms with E-state index in [0.717, 1.165) is 0 Å². The largest absolute Gasteiger partial charge is 0.487 e. The molecule has 5 atom stereocenters. The van der Waals surface area contributed by atoms with Crippen molar-refractivity contribution in [2.75, 3.05) is 11.9 Å². The summed E-state index contributed by atoms with van der Waals surface area (Å²) in [4.78, 5) is 0. The van der Waals surface area contributed by atoms with Crippen LogP contribution in [0.4, 0.5) is 5.88 Å². The molecular formula is C12H17NO7. The van der Waals surface area contributed by atoms with Crippen LogP contribution >= 0.6 is 0 Å². The highest BCUT2D eigenvalue weighted by atomic mass is 16.6. The summed E-state index contributed by atoms with van der Waals surface area (Å²) in [7, 11) is 0. The van der Waals surface area contributed by atoms with Gasteiger partial charge in [-0.2, -0.15) is 0 Å². The van der Waals surface area contributed by atoms with Crippen LogP contribution in [-0.4, -0.2) is 57.7 Å². The summed E-state index contributed by atoms with van der Waals surface area (Å²) in [5, 5.41) is 40.7. The van der Waals surface area contributed by atoms with Gasteiger partial charge in [0.25, 0.3) is 0 Å². The maximum Gasteiger partial charge on any atom is 0.200 e. The lowest BCUT2D eigenvalue weighted by atomic mass is 9.99. The van der Waals surface area contributed by atoms with Crippen molar-refractivity contribution >= 4 is 5.88 Å². The van der Waals surface area contributed by atoms with Gasteiger partial charge in [-0.25, -0.2) is 0 Å². The summed E-state index contributed by atoms with van der Waals surface area (Å²) in [6, 6.07) is 1.55. The monoisotopic (exact) mass is 287 g/mol. The second kappa shape index (κ2) is 6.25. The van der Waals surface area contributed by atoms with Crippen molar-refractivity contribution in [3.05, 3.63) is 25.1 Å². The average molecular weight is 287 g/mol. The molecule has 1 aliphatic heterocycles. The van der Waals surface area contributed by atoms with E-state index in [4.69, 9.17) is 13.9 Å². The third-order valence-corrected chi connectivity index (χ3v) is 2.92. The van der Waals surface area contributed by atoms with Crippen LogP contribution < -0.4 is 10.1 Å². The molecule has 112 valence electrons. The van der Waals surface area contributed by atoms with Crippen molar-refractivity contribution in [1.29, 1.82) is 0 Å². The zero-order valence-electron chi connectivity index (χ0n) is 10.5. The Kier molecular flexibility index (Phi) is 4.63. The third kappa shape index (κ3) is 3.11. The lowest BCUT2D eigenvalue weighted by Crippen LogP contribution is -2.58. The number of furan rings is 1. The molecule has 1 aromatic rings. The summed E-state index contributed by atoms with van der Waals surface area (Å²) in [6.07, 6.45) is -4.22. The molecular weight excluding hydrogens is 270 g/mol. The van der Waals surface area contributed by atoms with Gasteiger partial charge in [0.15, 0.2) is 17.9 Å². The first-order valence-electron chi connectivity index (χ1n) is 5.99. The van der Waals surface area contributed by atoms with Gasteiger partial charge in [0, 0.05) is 6.07 Å². The molecule has 8 nitrogen and oxygen atoms in total. The third-order valence-electron chi connectivity index (χ3n) is 2.92. The molecule has 0 aromatic carbocycles. The van der Waals surface area contributed by atoms with E-state index >= 15 is 0 Å². The topological polar surface area (TPSA) is 125 Å². The van der Waals surface area contributed by atoms with Gasteiger partial charge in [-0.05, 0) is 6.20 Å². The maximum atomic E-state index is 9.72. The smallest absolute Gasteiger partial charge is 0.200 e. The molecule has 1 aliphatic rings. The minimum atomic E-state index is -1.58. The molecule has 0 spiro atoms. The Morgan fingerprint density at radius 2 is 2.00 bits per heavy atom. The molecule has 1 fully saturated rings. The van der Waals surface area contributed by atoms with E-state index in [9.17, 15) is 20.4 Å². The van der Waals surface area contributed by atoms with Crippen molar-refractivity contribution in [2.24, 2.45) is 0 Å². The molecule has 0 saturated carbocycles. The van der Waals surface area contributed by atoms with Crippen LogP contribution in [0.15, 0.2) is 29.5 Å². The van der Waals surface area contributed by atoms with Crippen LogP contribution in [0.1, 0.15) is 0 Å². The summed E-state index contributed by atoms with van der Waals surface area (Å²) in [5.41, 5.74) is 0. The van der Waals surface area contributed by atoms with Crippen molar-refractivity contribution in [2.45, 2.75) is 30.7 Å². The van der Waals surface area contributed by atoms with Crippen LogP contribution in [-0.2, 0) is 4.74 Å². The zero-order valence-corrected chi connectivity index (χ0v) is 10.5. The quantitative estimate of drug-likeness (QED) is 0.468. The standard InChI is InChI=1S/C12H17NO7/c1-2-13-8-3-6(4-19-8)18-5-7-9(14)10(15)11(16)12(17)20-7/h2-4,7,9-17H,1,5H2/t7-,9+,10-,11+,12+/m0/s1. The molecule has 1 saturated heterocycles. The summed E-state index contributed by atoms with van der Waals surface area (Å²) in [6.45, 7) is 3.34. The molecule has 0 unspecified atom stereocenters. The first kappa shape index (κ1) is 14.8. The lowest BCUT2D eigenvalue weighted by molar-refractivity contribution is -0.285. The summed E-state index contributed by atoms with van der Waals surface area (Å²) >= 11 is 0. The Labute approximate surface area is 114 Å². The summed E-state index contributed by atoms with van der Waals surface area (Å²) in [5.74, 6) is 0.802. The second-order valence-corrected chi connectivity index (χ2v) is 4.34. The highest BCUT2D eigenvalue weighted by Gasteiger charge is 2.43. The minimum Gasteiger partial charge on any atom is -0.487 e. The van der Waals surface area contributed by atoms with E-state index in [1.165, 1.54) is 12.5 Å². The SMILES string of the molecule is C=CNc1cc(OC[C@@H]2O[C@@H](O)[C@H](O)[C@@H](O)[C@@H]2O)co1. The van der Waals surface area contributed by atoms with Crippen LogP contribution in [0.25, 0.3) is 0 Å². The van der Waals surface area contributed by atoms with Gasteiger partial charge >= 0.3 is 0 Å². The number of aliphatic hydroxyl groups excluding tert-OH is 4. The van der Waals surface area contributed by atoms with Crippen LogP contribution in [0.5, 0.6) is 5.75 Å². The fourth-order valence-corrected chi connectivity index (χ4v) is 1.82. The summed E-state index contributed by atoms with van der Waals surface area (Å²) < 4.78 is 15.4. The molecule has 2 rings (SSSR count). The molecule has 20 heavy (non-hydrogen) atoms. The number of hydrogen-bond donors (Lipinski definition) is 5. The highest BCUT2D eigenvalue weighted by Crippen LogP contribution is 2.23. The van der Waals surface area contributed by atoms with Gasteiger partial charge in [0.1, 0.15) is 37.3 Å². The predicted octanol–water partition coefficient (Wildman–Crippen LogP) is -0.986. The van der Waals surface area contributed by atoms with Crippen molar-refractivity contribution < 1.29 is 34.3 Å². The van der Waals surface area contributed by atoms with Gasteiger partial charge in [-0.3, -0.25) is 0 Å². The Hall–Kier alpha value is -1.58. The van der Waals surface area contributed by atoms with Gasteiger partial charge in [-0.1, -0.05) is 6.58 Å². The van der Waals surface area contributed by atoms with Crippen LogP contribution in [0.2, 0.25) is 0 Å². The van der Waals surface area contributed by atoms with E-state index in [1.54, 1.807) is 6.07 Å². The highest BCUT2D eigenvalue weighted by molar-refractivity contribution is 5.39. The lowest BCUT2D eigenvalue weighted by Gasteiger charge is -2.37. The molecule has 1 aromatic heterocycles. The van der Waals surface area contributed by atoms with Gasteiger partial charge in [0.2, 0.25) is 0 Å². The molecule has 0 radical (unpaired) electrons. The molecule has 0 aliphatic carbocycles. The number of nitrogens with one attached hydrogen (secondary N) is 1. The van der Waals surface area contributed by atoms with E-state index in [1.807, 2.05) is 0 Å². The van der Waals surface area contributed by atoms with E-state index in [-0.39, 0.29) is 6.61 Å². The van der Waals surface area contributed by atoms with Gasteiger partial charge in [-0.15, -0.1) is 0 Å². The first-order valence-corrected chi connectivity index (χ1v) is 5.99. The van der Waals surface area contributed by atoms with Crippen LogP contribution in [0.3, 0.4) is 0 Å². The van der Waals surface area contributed by atoms with E-state index in [2.05, 4.69) is 11.9 Å². The second-order valence-electron chi connectivity index (χ2n) is 4.34. The normalized spacial score (nSPS) is 33.7. The average Bonchev–Trinajstić information content (AvgIpc) is 2.87. The maximum absolute atomic E-state index is 9.72. The fourth-order valence-electron chi connectivity index (χ4n) is 1.82. The Morgan fingerprint density at radius 3 is 2.70 bits per heavy atom. The zero-order chi connectivity index (χ0) is 14.7. The molecule has 0 bridgehead atoms. The van der Waals surface area contributed by atoms with E-state index < -0.39 is 30.7 Å². The Bertz CT molecular complexity index is 449. The fraction of sp³-hybridized carbons (Fsp3) is 0.500. The Balaban J connectivity index is 1.90. The number of aliphatic hydroxyl groups is 4. The predicted molar refractivity (Wildman–Crippen MR) is 66.9 cm³/mol. The Morgan fingerprint density at radius 1 is 1.25 bits per heavy atom. The number of rotatable bonds is 5. The molecule has 2 heterocycles. The van der Waals surface area contributed by atoms with Crippen molar-refractivity contribution in [3.8, 4) is 5.75 Å². The van der Waals surface area contributed by atoms with Crippen molar-refractivity contribution in [3.63, 3.8) is 0 Å². The van der Waals surface area contributed by atoms with Gasteiger partial charge < -0.3 is 39.6 Å². The number of hydrogen-bond acceptors (Lipinski definition) is 8. The number of anilines is 1. The minimum absolute atomic E-state index is 0.130. The number of ether oxygens (including phenoxy) is 2. The molecule has 0 amide bonds. The van der Waals surface area contributed by atoms with E-state index in [0.29, 0.717) is 11.6 Å². The molecule has 8 heteroatoms. The van der Waals surface area contributed by atoms with Crippen molar-refractivity contribution in [1.82, 2.24) is 0 Å². The first-order chi connectivity index (χ1) is 9.52. The molecule has 5 N–H and O–H groups in total. The van der Waals surface area contributed by atoms with Gasteiger partial charge in [0.05, 0.1) is 0 Å².